The van der Waals surface area contributed by atoms with Crippen LogP contribution >= 0.6 is 15.9 Å². The van der Waals surface area contributed by atoms with Gasteiger partial charge in [-0.15, -0.1) is 0 Å². The van der Waals surface area contributed by atoms with Crippen LogP contribution in [0.25, 0.3) is 0 Å². The number of rotatable bonds is 4. The van der Waals surface area contributed by atoms with Crippen molar-refractivity contribution in [1.82, 2.24) is 0 Å². The van der Waals surface area contributed by atoms with Crippen molar-refractivity contribution < 1.29 is 9.53 Å². The van der Waals surface area contributed by atoms with Crippen LogP contribution in [0.2, 0.25) is 0 Å². The lowest BCUT2D eigenvalue weighted by molar-refractivity contribution is 0.0920. The monoisotopic (exact) mass is 318 g/mol. The van der Waals surface area contributed by atoms with Gasteiger partial charge in [0.1, 0.15) is 5.75 Å². The van der Waals surface area contributed by atoms with Crippen LogP contribution in [0, 0.1) is 13.8 Å². The summed E-state index contributed by atoms with van der Waals surface area (Å²) < 4.78 is 6.55. The Hall–Kier alpha value is -1.61. The maximum Gasteiger partial charge on any atom is 0.200 e. The number of ketones is 1. The van der Waals surface area contributed by atoms with Crippen LogP contribution in [0.4, 0.5) is 0 Å². The van der Waals surface area contributed by atoms with E-state index in [0.717, 1.165) is 21.3 Å². The molecular weight excluding hydrogens is 304 g/mol. The second-order valence-electron chi connectivity index (χ2n) is 4.44. The second-order valence-corrected chi connectivity index (χ2v) is 5.36. The highest BCUT2D eigenvalue weighted by molar-refractivity contribution is 9.10. The minimum absolute atomic E-state index is 0.0241. The number of aryl methyl sites for hydroxylation is 2. The van der Waals surface area contributed by atoms with Gasteiger partial charge in [0.2, 0.25) is 0 Å². The highest BCUT2D eigenvalue weighted by atomic mass is 79.9. The normalized spacial score (nSPS) is 10.3. The number of benzene rings is 2. The summed E-state index contributed by atoms with van der Waals surface area (Å²) in [6.45, 7) is 4.01. The van der Waals surface area contributed by atoms with Crippen LogP contribution in [-0.4, -0.2) is 12.4 Å². The zero-order chi connectivity index (χ0) is 13.8. The lowest BCUT2D eigenvalue weighted by atomic mass is 10.1. The summed E-state index contributed by atoms with van der Waals surface area (Å²) in [7, 11) is 0. The number of para-hydroxylation sites is 1. The number of Topliss-reactive ketones (excluding diaryl/α,β-unsaturated/α-hetero) is 1. The van der Waals surface area contributed by atoms with E-state index < -0.39 is 0 Å². The molecule has 3 heteroatoms. The van der Waals surface area contributed by atoms with Crippen LogP contribution in [0.15, 0.2) is 46.9 Å². The molecule has 0 unspecified atom stereocenters. The van der Waals surface area contributed by atoms with Crippen molar-refractivity contribution in [2.75, 3.05) is 6.61 Å². The lowest BCUT2D eigenvalue weighted by Gasteiger charge is -2.11. The van der Waals surface area contributed by atoms with Crippen molar-refractivity contribution >= 4 is 21.7 Å². The molecule has 0 spiro atoms. The van der Waals surface area contributed by atoms with Gasteiger partial charge in [-0.25, -0.2) is 0 Å². The molecule has 2 aromatic rings. The molecule has 0 bridgehead atoms. The first-order valence-electron chi connectivity index (χ1n) is 6.05. The van der Waals surface area contributed by atoms with Crippen molar-refractivity contribution in [1.29, 1.82) is 0 Å². The Kier molecular flexibility index (Phi) is 4.38. The fraction of sp³-hybridized carbons (Fsp3) is 0.188. The number of carbonyl (C=O) groups excluding carboxylic acids is 1. The molecule has 0 radical (unpaired) electrons. The lowest BCUT2D eigenvalue weighted by Crippen LogP contribution is -2.12. The number of hydrogen-bond acceptors (Lipinski definition) is 2. The third-order valence-electron chi connectivity index (χ3n) is 2.90. The standard InChI is InChI=1S/C16H15BrO2/c1-11-5-3-6-12(2)16(11)19-10-15(18)13-7-4-8-14(17)9-13/h3-9H,10H2,1-2H3. The Balaban J connectivity index is 2.09. The number of carbonyl (C=O) groups is 1. The fourth-order valence-electron chi connectivity index (χ4n) is 1.91. The Morgan fingerprint density at radius 2 is 1.74 bits per heavy atom. The van der Waals surface area contributed by atoms with E-state index in [1.54, 1.807) is 12.1 Å². The number of halogens is 1. The summed E-state index contributed by atoms with van der Waals surface area (Å²) >= 11 is 3.36. The highest BCUT2D eigenvalue weighted by Crippen LogP contribution is 2.22. The van der Waals surface area contributed by atoms with E-state index in [0.29, 0.717) is 5.56 Å². The van der Waals surface area contributed by atoms with Gasteiger partial charge >= 0.3 is 0 Å². The number of ether oxygens (including phenoxy) is 1. The largest absolute Gasteiger partial charge is 0.485 e. The van der Waals surface area contributed by atoms with Gasteiger partial charge in [-0.1, -0.05) is 46.3 Å². The van der Waals surface area contributed by atoms with E-state index in [1.807, 2.05) is 44.2 Å². The molecule has 2 nitrogen and oxygen atoms in total. The number of hydrogen-bond donors (Lipinski definition) is 0. The van der Waals surface area contributed by atoms with Gasteiger partial charge < -0.3 is 4.74 Å². The van der Waals surface area contributed by atoms with Crippen molar-refractivity contribution in [2.24, 2.45) is 0 Å². The first-order chi connectivity index (χ1) is 9.08. The zero-order valence-corrected chi connectivity index (χ0v) is 12.5. The molecule has 0 saturated heterocycles. The van der Waals surface area contributed by atoms with Gasteiger partial charge in [0, 0.05) is 10.0 Å². The van der Waals surface area contributed by atoms with E-state index in [9.17, 15) is 4.79 Å². The van der Waals surface area contributed by atoms with Crippen LogP contribution < -0.4 is 4.74 Å². The summed E-state index contributed by atoms with van der Waals surface area (Å²) in [5, 5.41) is 0. The predicted molar refractivity (Wildman–Crippen MR) is 79.9 cm³/mol. The van der Waals surface area contributed by atoms with Gasteiger partial charge in [-0.2, -0.15) is 0 Å². The maximum atomic E-state index is 12.0. The van der Waals surface area contributed by atoms with Gasteiger partial charge in [-0.3, -0.25) is 4.79 Å². The molecule has 0 aliphatic carbocycles. The molecule has 0 N–H and O–H groups in total. The molecule has 19 heavy (non-hydrogen) atoms. The average molecular weight is 319 g/mol. The third-order valence-corrected chi connectivity index (χ3v) is 3.40. The highest BCUT2D eigenvalue weighted by Gasteiger charge is 2.09. The molecule has 0 amide bonds. The minimum atomic E-state index is -0.0241. The Bertz CT molecular complexity index is 585. The van der Waals surface area contributed by atoms with Crippen LogP contribution in [-0.2, 0) is 0 Å². The summed E-state index contributed by atoms with van der Waals surface area (Å²) in [6.07, 6.45) is 0. The zero-order valence-electron chi connectivity index (χ0n) is 10.9. The van der Waals surface area contributed by atoms with E-state index in [4.69, 9.17) is 4.74 Å². The van der Waals surface area contributed by atoms with Gasteiger partial charge in [-0.05, 0) is 37.1 Å². The van der Waals surface area contributed by atoms with E-state index in [1.165, 1.54) is 0 Å². The van der Waals surface area contributed by atoms with Gasteiger partial charge in [0.25, 0.3) is 0 Å². The molecule has 98 valence electrons. The Morgan fingerprint density at radius 1 is 1.11 bits per heavy atom. The average Bonchev–Trinajstić information content (AvgIpc) is 2.38. The van der Waals surface area contributed by atoms with Crippen molar-refractivity contribution in [3.63, 3.8) is 0 Å². The summed E-state index contributed by atoms with van der Waals surface area (Å²) in [6, 6.07) is 13.3. The molecule has 0 fully saturated rings. The van der Waals surface area contributed by atoms with Crippen LogP contribution in [0.1, 0.15) is 21.5 Å². The molecule has 0 saturated carbocycles. The minimum Gasteiger partial charge on any atom is -0.485 e. The molecule has 0 aliphatic rings. The van der Waals surface area contributed by atoms with E-state index in [2.05, 4.69) is 15.9 Å². The molecule has 2 aromatic carbocycles. The van der Waals surface area contributed by atoms with Crippen LogP contribution in [0.3, 0.4) is 0 Å². The molecule has 2 rings (SSSR count). The Labute approximate surface area is 121 Å². The topological polar surface area (TPSA) is 26.3 Å². The quantitative estimate of drug-likeness (QED) is 0.784. The van der Waals surface area contributed by atoms with Crippen molar-refractivity contribution in [3.8, 4) is 5.75 Å². The molecule has 0 heterocycles. The Morgan fingerprint density at radius 3 is 2.37 bits per heavy atom. The van der Waals surface area contributed by atoms with Crippen LogP contribution in [0.5, 0.6) is 5.75 Å². The molecular formula is C16H15BrO2. The summed E-state index contributed by atoms with van der Waals surface area (Å²) in [5.41, 5.74) is 2.74. The SMILES string of the molecule is Cc1cccc(C)c1OCC(=O)c1cccc(Br)c1. The van der Waals surface area contributed by atoms with Gasteiger partial charge in [0.15, 0.2) is 12.4 Å². The second kappa shape index (κ2) is 6.02. The van der Waals surface area contributed by atoms with E-state index >= 15 is 0 Å². The molecule has 0 aromatic heterocycles. The van der Waals surface area contributed by atoms with Crippen molar-refractivity contribution in [2.45, 2.75) is 13.8 Å². The van der Waals surface area contributed by atoms with Gasteiger partial charge in [0.05, 0.1) is 0 Å². The fourth-order valence-corrected chi connectivity index (χ4v) is 2.31. The first-order valence-corrected chi connectivity index (χ1v) is 6.85. The van der Waals surface area contributed by atoms with E-state index in [-0.39, 0.29) is 12.4 Å². The predicted octanol–water partition coefficient (Wildman–Crippen LogP) is 4.33. The molecule has 0 aliphatic heterocycles. The maximum absolute atomic E-state index is 12.0. The first kappa shape index (κ1) is 13.8. The summed E-state index contributed by atoms with van der Waals surface area (Å²) in [4.78, 5) is 12.0. The molecule has 0 atom stereocenters. The van der Waals surface area contributed by atoms with Crippen molar-refractivity contribution in [3.05, 3.63) is 63.6 Å². The smallest absolute Gasteiger partial charge is 0.200 e. The summed E-state index contributed by atoms with van der Waals surface area (Å²) in [5.74, 6) is 0.773. The third kappa shape index (κ3) is 3.44.